The van der Waals surface area contributed by atoms with E-state index in [1.54, 1.807) is 19.1 Å². The summed E-state index contributed by atoms with van der Waals surface area (Å²) in [5.74, 6) is 1.10. The minimum Gasteiger partial charge on any atom is -0.497 e. The highest BCUT2D eigenvalue weighted by molar-refractivity contribution is 7.94. The number of ether oxygens (including phenoxy) is 1. The third kappa shape index (κ3) is 2.62. The number of sulfonamides is 1. The number of rotatable bonds is 4. The van der Waals surface area contributed by atoms with Gasteiger partial charge in [-0.25, -0.2) is 8.42 Å². The van der Waals surface area contributed by atoms with Gasteiger partial charge in [0, 0.05) is 0 Å². The van der Waals surface area contributed by atoms with Crippen molar-refractivity contribution in [3.63, 3.8) is 0 Å². The third-order valence-corrected chi connectivity index (χ3v) is 3.48. The van der Waals surface area contributed by atoms with Crippen LogP contribution < -0.4 is 4.74 Å². The molecule has 18 heavy (non-hydrogen) atoms. The summed E-state index contributed by atoms with van der Waals surface area (Å²) in [4.78, 5) is 0.0731. The van der Waals surface area contributed by atoms with Gasteiger partial charge in [0.15, 0.2) is 0 Å². The molecule has 1 aromatic carbocycles. The van der Waals surface area contributed by atoms with E-state index in [4.69, 9.17) is 9.26 Å². The van der Waals surface area contributed by atoms with Gasteiger partial charge in [0.2, 0.25) is 10.0 Å². The molecule has 0 unspecified atom stereocenters. The number of benzene rings is 1. The summed E-state index contributed by atoms with van der Waals surface area (Å²) in [6.45, 7) is 1.66. The van der Waals surface area contributed by atoms with Crippen molar-refractivity contribution in [1.29, 1.82) is 0 Å². The molecule has 7 heteroatoms. The van der Waals surface area contributed by atoms with Crippen molar-refractivity contribution in [3.05, 3.63) is 40.8 Å². The Morgan fingerprint density at radius 2 is 1.94 bits per heavy atom. The van der Waals surface area contributed by atoms with Gasteiger partial charge in [0.1, 0.15) is 11.5 Å². The van der Waals surface area contributed by atoms with Crippen LogP contribution in [0.2, 0.25) is 0 Å². The molecule has 2 rings (SSSR count). The molecule has 6 nitrogen and oxygen atoms in total. The highest BCUT2D eigenvalue weighted by Gasteiger charge is 2.10. The van der Waals surface area contributed by atoms with E-state index in [1.165, 1.54) is 25.3 Å². The SMILES string of the molecule is COc1ccc(S(=O)(=O)[N-]c2cc(C)on2)cc1. The Balaban J connectivity index is 2.24. The van der Waals surface area contributed by atoms with Gasteiger partial charge in [0.05, 0.1) is 12.0 Å². The molecule has 1 heterocycles. The maximum atomic E-state index is 11.9. The van der Waals surface area contributed by atoms with E-state index in [1.807, 2.05) is 0 Å². The van der Waals surface area contributed by atoms with Crippen molar-refractivity contribution in [2.45, 2.75) is 11.8 Å². The lowest BCUT2D eigenvalue weighted by Gasteiger charge is -2.11. The molecule has 0 saturated heterocycles. The molecule has 1 aromatic heterocycles. The zero-order chi connectivity index (χ0) is 13.2. The lowest BCUT2D eigenvalue weighted by atomic mass is 10.3. The van der Waals surface area contributed by atoms with Crippen LogP contribution in [-0.2, 0) is 10.0 Å². The fraction of sp³-hybridized carbons (Fsp3) is 0.182. The molecule has 0 saturated carbocycles. The first-order chi connectivity index (χ1) is 8.51. The maximum Gasteiger partial charge on any atom is 0.202 e. The van der Waals surface area contributed by atoms with Crippen LogP contribution in [0.1, 0.15) is 5.76 Å². The van der Waals surface area contributed by atoms with Crippen LogP contribution in [0.15, 0.2) is 39.8 Å². The van der Waals surface area contributed by atoms with Crippen molar-refractivity contribution >= 4 is 15.8 Å². The van der Waals surface area contributed by atoms with E-state index in [9.17, 15) is 8.42 Å². The topological polar surface area (TPSA) is 83.5 Å². The summed E-state index contributed by atoms with van der Waals surface area (Å²) in [6, 6.07) is 7.39. The number of aryl methyl sites for hydroxylation is 1. The van der Waals surface area contributed by atoms with Gasteiger partial charge in [0.25, 0.3) is 0 Å². The van der Waals surface area contributed by atoms with Crippen molar-refractivity contribution < 1.29 is 17.7 Å². The standard InChI is InChI=1S/C11H11N2O4S/c1-8-7-11(12-17-8)13-18(14,15)10-5-3-9(16-2)4-6-10/h3-7H,1-2H3/q-1. The van der Waals surface area contributed by atoms with Gasteiger partial charge in [-0.3, -0.25) is 5.16 Å². The van der Waals surface area contributed by atoms with Crippen molar-refractivity contribution in [1.82, 2.24) is 5.16 Å². The normalized spacial score (nSPS) is 11.2. The van der Waals surface area contributed by atoms with Gasteiger partial charge in [-0.15, -0.1) is 0 Å². The number of hydrogen-bond donors (Lipinski definition) is 0. The molecule has 2 aromatic rings. The second kappa shape index (κ2) is 4.69. The predicted octanol–water partition coefficient (Wildman–Crippen LogP) is 2.39. The molecule has 0 radical (unpaired) electrons. The average molecular weight is 267 g/mol. The van der Waals surface area contributed by atoms with Crippen LogP contribution in [0.4, 0.5) is 5.82 Å². The third-order valence-electron chi connectivity index (χ3n) is 2.19. The minimum absolute atomic E-state index is 0.0309. The number of methoxy groups -OCH3 is 1. The van der Waals surface area contributed by atoms with E-state index >= 15 is 0 Å². The summed E-state index contributed by atoms with van der Waals surface area (Å²) in [7, 11) is -2.27. The number of aromatic nitrogens is 1. The fourth-order valence-electron chi connectivity index (χ4n) is 1.32. The first-order valence-electron chi connectivity index (χ1n) is 5.07. The Kier molecular flexibility index (Phi) is 3.24. The Morgan fingerprint density at radius 3 is 2.44 bits per heavy atom. The Morgan fingerprint density at radius 1 is 1.28 bits per heavy atom. The highest BCUT2D eigenvalue weighted by Crippen LogP contribution is 2.27. The summed E-state index contributed by atoms with van der Waals surface area (Å²) in [5, 5.41) is 3.51. The zero-order valence-corrected chi connectivity index (χ0v) is 10.6. The Labute approximate surface area is 105 Å². The summed E-state index contributed by atoms with van der Waals surface area (Å²) < 4.78 is 37.1. The van der Waals surface area contributed by atoms with Gasteiger partial charge in [-0.2, -0.15) is 0 Å². The Hall–Kier alpha value is -2.02. The van der Waals surface area contributed by atoms with E-state index in [0.29, 0.717) is 11.5 Å². The second-order valence-electron chi connectivity index (χ2n) is 3.54. The molecule has 0 atom stereocenters. The van der Waals surface area contributed by atoms with Crippen LogP contribution in [0.5, 0.6) is 5.75 Å². The summed E-state index contributed by atoms with van der Waals surface area (Å²) in [6.07, 6.45) is 0. The van der Waals surface area contributed by atoms with Crippen molar-refractivity contribution in [2.24, 2.45) is 0 Å². The van der Waals surface area contributed by atoms with Gasteiger partial charge < -0.3 is 14.0 Å². The van der Waals surface area contributed by atoms with Crippen LogP contribution in [0.25, 0.3) is 4.72 Å². The van der Waals surface area contributed by atoms with Gasteiger partial charge in [-0.05, 0) is 43.1 Å². The molecule has 0 fully saturated rings. The average Bonchev–Trinajstić information content (AvgIpc) is 2.74. The first kappa shape index (κ1) is 12.4. The van der Waals surface area contributed by atoms with E-state index in [0.717, 1.165) is 0 Å². The largest absolute Gasteiger partial charge is 0.497 e. The smallest absolute Gasteiger partial charge is 0.202 e. The molecule has 96 valence electrons. The van der Waals surface area contributed by atoms with Crippen LogP contribution in [0.3, 0.4) is 0 Å². The molecule has 0 amide bonds. The molecular weight excluding hydrogens is 256 g/mol. The molecule has 0 aliphatic carbocycles. The number of hydrogen-bond acceptors (Lipinski definition) is 5. The fourth-order valence-corrected chi connectivity index (χ4v) is 2.24. The Bertz CT molecular complexity index is 631. The van der Waals surface area contributed by atoms with Crippen LogP contribution >= 0.6 is 0 Å². The minimum atomic E-state index is -3.78. The summed E-state index contributed by atoms with van der Waals surface area (Å²) >= 11 is 0. The molecule has 0 spiro atoms. The van der Waals surface area contributed by atoms with Crippen molar-refractivity contribution in [2.75, 3.05) is 7.11 Å². The van der Waals surface area contributed by atoms with Gasteiger partial charge >= 0.3 is 0 Å². The maximum absolute atomic E-state index is 11.9. The molecule has 0 bridgehead atoms. The van der Waals surface area contributed by atoms with Crippen molar-refractivity contribution in [3.8, 4) is 5.75 Å². The lowest BCUT2D eigenvalue weighted by molar-refractivity contribution is 0.401. The molecule has 0 aliphatic heterocycles. The van der Waals surface area contributed by atoms with E-state index < -0.39 is 10.0 Å². The quantitative estimate of drug-likeness (QED) is 0.849. The first-order valence-corrected chi connectivity index (χ1v) is 6.51. The molecular formula is C11H11N2O4S-. The monoisotopic (exact) mass is 267 g/mol. The lowest BCUT2D eigenvalue weighted by Crippen LogP contribution is -1.97. The predicted molar refractivity (Wildman–Crippen MR) is 64.4 cm³/mol. The van der Waals surface area contributed by atoms with Crippen LogP contribution in [-0.4, -0.2) is 20.7 Å². The second-order valence-corrected chi connectivity index (χ2v) is 5.14. The van der Waals surface area contributed by atoms with Crippen LogP contribution in [0, 0.1) is 6.92 Å². The highest BCUT2D eigenvalue weighted by atomic mass is 32.2. The molecule has 0 N–H and O–H groups in total. The van der Waals surface area contributed by atoms with E-state index in [-0.39, 0.29) is 10.7 Å². The zero-order valence-electron chi connectivity index (χ0n) is 9.82. The van der Waals surface area contributed by atoms with Gasteiger partial charge in [-0.1, -0.05) is 0 Å². The van der Waals surface area contributed by atoms with E-state index in [2.05, 4.69) is 9.88 Å². The molecule has 0 aliphatic rings. The summed E-state index contributed by atoms with van der Waals surface area (Å²) in [5.41, 5.74) is 0. The number of nitrogens with zero attached hydrogens (tertiary/aromatic N) is 2.